The van der Waals surface area contributed by atoms with Gasteiger partial charge < -0.3 is 9.64 Å². The monoisotopic (exact) mass is 259 g/mol. The Morgan fingerprint density at radius 3 is 3.16 bits per heavy atom. The van der Waals surface area contributed by atoms with Crippen molar-refractivity contribution in [2.45, 2.75) is 39.2 Å². The summed E-state index contributed by atoms with van der Waals surface area (Å²) in [4.78, 5) is 6.59. The van der Waals surface area contributed by atoms with E-state index in [2.05, 4.69) is 22.9 Å². The first kappa shape index (κ1) is 13.8. The number of nitrogens with zero attached hydrogens (tertiary/aromatic N) is 3. The van der Waals surface area contributed by atoms with Crippen molar-refractivity contribution in [2.75, 3.05) is 24.6 Å². The first-order valence-electron chi connectivity index (χ1n) is 6.98. The second-order valence-corrected chi connectivity index (χ2v) is 5.02. The zero-order valence-electron chi connectivity index (χ0n) is 11.7. The molecule has 102 valence electrons. The van der Waals surface area contributed by atoms with E-state index >= 15 is 0 Å². The summed E-state index contributed by atoms with van der Waals surface area (Å²) in [6, 6.07) is 4.16. The molecule has 1 saturated heterocycles. The lowest BCUT2D eigenvalue weighted by Crippen LogP contribution is -2.40. The smallest absolute Gasteiger partial charge is 0.146 e. The summed E-state index contributed by atoms with van der Waals surface area (Å²) in [5.74, 6) is 0.812. The van der Waals surface area contributed by atoms with Crippen molar-refractivity contribution in [3.63, 3.8) is 0 Å². The number of rotatable bonds is 4. The third-order valence-electron chi connectivity index (χ3n) is 3.49. The van der Waals surface area contributed by atoms with Crippen LogP contribution in [0.2, 0.25) is 0 Å². The lowest BCUT2D eigenvalue weighted by Gasteiger charge is -2.34. The molecule has 1 fully saturated rings. The van der Waals surface area contributed by atoms with E-state index in [-0.39, 0.29) is 6.10 Å². The van der Waals surface area contributed by atoms with Crippen LogP contribution >= 0.6 is 0 Å². The zero-order valence-corrected chi connectivity index (χ0v) is 11.7. The Balaban J connectivity index is 2.13. The standard InChI is InChI=1S/C15H21N3O/c1-3-9-19-13-5-4-8-18(11-13)15-14(10-16)12(2)6-7-17-15/h6-7,13H,3-5,8-9,11H2,1-2H3. The molecule has 1 aromatic heterocycles. The van der Waals surface area contributed by atoms with Gasteiger partial charge in [0.05, 0.1) is 11.7 Å². The molecule has 0 amide bonds. The van der Waals surface area contributed by atoms with Crippen LogP contribution in [0.3, 0.4) is 0 Å². The molecule has 4 heteroatoms. The van der Waals surface area contributed by atoms with Crippen LogP contribution in [-0.2, 0) is 4.74 Å². The second kappa shape index (κ2) is 6.53. The number of hydrogen-bond donors (Lipinski definition) is 0. The SMILES string of the molecule is CCCOC1CCCN(c2nccc(C)c2C#N)C1. The van der Waals surface area contributed by atoms with Gasteiger partial charge in [-0.25, -0.2) is 4.98 Å². The van der Waals surface area contributed by atoms with Gasteiger partial charge >= 0.3 is 0 Å². The van der Waals surface area contributed by atoms with Gasteiger partial charge in [0.2, 0.25) is 0 Å². The normalized spacial score (nSPS) is 19.2. The Morgan fingerprint density at radius 2 is 2.42 bits per heavy atom. The number of hydrogen-bond acceptors (Lipinski definition) is 4. The molecule has 2 rings (SSSR count). The molecule has 0 radical (unpaired) electrons. The van der Waals surface area contributed by atoms with E-state index in [1.807, 2.05) is 13.0 Å². The van der Waals surface area contributed by atoms with E-state index < -0.39 is 0 Å². The highest BCUT2D eigenvalue weighted by molar-refractivity contribution is 5.57. The molecule has 4 nitrogen and oxygen atoms in total. The summed E-state index contributed by atoms with van der Waals surface area (Å²) in [5, 5.41) is 9.29. The molecule has 0 spiro atoms. The van der Waals surface area contributed by atoms with Gasteiger partial charge in [0.25, 0.3) is 0 Å². The van der Waals surface area contributed by atoms with E-state index in [1.54, 1.807) is 6.20 Å². The number of aromatic nitrogens is 1. The maximum Gasteiger partial charge on any atom is 0.146 e. The molecule has 1 aliphatic rings. The fourth-order valence-corrected chi connectivity index (χ4v) is 2.47. The second-order valence-electron chi connectivity index (χ2n) is 5.02. The van der Waals surface area contributed by atoms with Crippen molar-refractivity contribution in [3.8, 4) is 6.07 Å². The van der Waals surface area contributed by atoms with Crippen molar-refractivity contribution in [1.29, 1.82) is 5.26 Å². The molecule has 0 aliphatic carbocycles. The van der Waals surface area contributed by atoms with Crippen LogP contribution in [0.4, 0.5) is 5.82 Å². The molecular formula is C15H21N3O. The summed E-state index contributed by atoms with van der Waals surface area (Å²) in [6.07, 6.45) is 5.28. The predicted molar refractivity (Wildman–Crippen MR) is 75.2 cm³/mol. The zero-order chi connectivity index (χ0) is 13.7. The number of anilines is 1. The van der Waals surface area contributed by atoms with Gasteiger partial charge in [-0.3, -0.25) is 0 Å². The van der Waals surface area contributed by atoms with E-state index in [0.717, 1.165) is 50.3 Å². The van der Waals surface area contributed by atoms with E-state index in [9.17, 15) is 5.26 Å². The molecule has 1 unspecified atom stereocenters. The molecule has 0 bridgehead atoms. The van der Waals surface area contributed by atoms with Crippen molar-refractivity contribution in [2.24, 2.45) is 0 Å². The minimum Gasteiger partial charge on any atom is -0.376 e. The number of pyridine rings is 1. The van der Waals surface area contributed by atoms with Gasteiger partial charge in [-0.05, 0) is 37.8 Å². The molecule has 1 aromatic rings. The van der Waals surface area contributed by atoms with Crippen LogP contribution in [0.15, 0.2) is 12.3 Å². The highest BCUT2D eigenvalue weighted by Crippen LogP contribution is 2.24. The average Bonchev–Trinajstić information content (AvgIpc) is 2.45. The van der Waals surface area contributed by atoms with Gasteiger partial charge in [0.1, 0.15) is 11.9 Å². The molecule has 1 atom stereocenters. The topological polar surface area (TPSA) is 49.1 Å². The minimum atomic E-state index is 0.266. The fourth-order valence-electron chi connectivity index (χ4n) is 2.47. The van der Waals surface area contributed by atoms with Crippen LogP contribution in [0, 0.1) is 18.3 Å². The third-order valence-corrected chi connectivity index (χ3v) is 3.49. The molecule has 0 aromatic carbocycles. The Kier molecular flexibility index (Phi) is 4.75. The molecular weight excluding hydrogens is 238 g/mol. The first-order chi connectivity index (χ1) is 9.26. The van der Waals surface area contributed by atoms with E-state index in [4.69, 9.17) is 4.74 Å². The first-order valence-corrected chi connectivity index (χ1v) is 6.98. The van der Waals surface area contributed by atoms with Gasteiger partial charge in [0, 0.05) is 25.9 Å². The van der Waals surface area contributed by atoms with E-state index in [1.165, 1.54) is 0 Å². The molecule has 0 N–H and O–H groups in total. The van der Waals surface area contributed by atoms with Crippen molar-refractivity contribution in [3.05, 3.63) is 23.4 Å². The summed E-state index contributed by atoms with van der Waals surface area (Å²) >= 11 is 0. The summed E-state index contributed by atoms with van der Waals surface area (Å²) < 4.78 is 5.84. The number of piperidine rings is 1. The average molecular weight is 259 g/mol. The van der Waals surface area contributed by atoms with Gasteiger partial charge in [-0.15, -0.1) is 0 Å². The Hall–Kier alpha value is -1.60. The lowest BCUT2D eigenvalue weighted by molar-refractivity contribution is 0.0439. The summed E-state index contributed by atoms with van der Waals surface area (Å²) in [6.45, 7) is 6.68. The van der Waals surface area contributed by atoms with Gasteiger partial charge in [-0.2, -0.15) is 5.26 Å². The van der Waals surface area contributed by atoms with Crippen LogP contribution in [0.5, 0.6) is 0 Å². The van der Waals surface area contributed by atoms with Crippen LogP contribution in [0.25, 0.3) is 0 Å². The van der Waals surface area contributed by atoms with Gasteiger partial charge in [0.15, 0.2) is 0 Å². The number of aryl methyl sites for hydroxylation is 1. The van der Waals surface area contributed by atoms with E-state index in [0.29, 0.717) is 5.56 Å². The lowest BCUT2D eigenvalue weighted by atomic mass is 10.1. The summed E-state index contributed by atoms with van der Waals surface area (Å²) in [7, 11) is 0. The summed E-state index contributed by atoms with van der Waals surface area (Å²) in [5.41, 5.74) is 1.68. The molecule has 19 heavy (non-hydrogen) atoms. The van der Waals surface area contributed by atoms with Crippen molar-refractivity contribution in [1.82, 2.24) is 4.98 Å². The quantitative estimate of drug-likeness (QED) is 0.834. The largest absolute Gasteiger partial charge is 0.376 e. The van der Waals surface area contributed by atoms with Crippen molar-refractivity contribution < 1.29 is 4.74 Å². The fraction of sp³-hybridized carbons (Fsp3) is 0.600. The minimum absolute atomic E-state index is 0.266. The number of ether oxygens (including phenoxy) is 1. The molecule has 2 heterocycles. The van der Waals surface area contributed by atoms with Crippen LogP contribution in [-0.4, -0.2) is 30.8 Å². The highest BCUT2D eigenvalue weighted by Gasteiger charge is 2.23. The maximum atomic E-state index is 9.29. The van der Waals surface area contributed by atoms with Crippen molar-refractivity contribution >= 4 is 5.82 Å². The third kappa shape index (κ3) is 3.24. The van der Waals surface area contributed by atoms with Gasteiger partial charge in [-0.1, -0.05) is 6.92 Å². The predicted octanol–water partition coefficient (Wildman–Crippen LogP) is 2.66. The highest BCUT2D eigenvalue weighted by atomic mass is 16.5. The molecule has 0 saturated carbocycles. The Bertz CT molecular complexity index is 467. The van der Waals surface area contributed by atoms with Crippen LogP contribution in [0.1, 0.15) is 37.3 Å². The molecule has 1 aliphatic heterocycles. The maximum absolute atomic E-state index is 9.29. The Labute approximate surface area is 115 Å². The van der Waals surface area contributed by atoms with Crippen LogP contribution < -0.4 is 4.90 Å². The Morgan fingerprint density at radius 1 is 1.58 bits per heavy atom. The number of nitriles is 1.